The van der Waals surface area contributed by atoms with Crippen molar-refractivity contribution < 1.29 is 19.4 Å². The number of hydrogen-bond acceptors (Lipinski definition) is 5. The molecule has 1 atom stereocenters. The van der Waals surface area contributed by atoms with Gasteiger partial charge < -0.3 is 20.1 Å². The molecule has 27 heavy (non-hydrogen) atoms. The molecule has 0 spiro atoms. The molecule has 0 aromatic heterocycles. The highest BCUT2D eigenvalue weighted by atomic mass is 16.6. The van der Waals surface area contributed by atoms with Gasteiger partial charge in [0.1, 0.15) is 11.6 Å². The first kappa shape index (κ1) is 21.0. The topological polar surface area (TPSA) is 82.1 Å². The molecule has 7 heteroatoms. The molecular weight excluding hydrogens is 346 g/mol. The minimum Gasteiger partial charge on any atom is -0.480 e. The van der Waals surface area contributed by atoms with E-state index in [1.165, 1.54) is 0 Å². The van der Waals surface area contributed by atoms with Crippen LogP contribution in [0.25, 0.3) is 0 Å². The van der Waals surface area contributed by atoms with Gasteiger partial charge in [0.05, 0.1) is 0 Å². The van der Waals surface area contributed by atoms with Gasteiger partial charge in [0, 0.05) is 38.4 Å². The summed E-state index contributed by atoms with van der Waals surface area (Å²) in [6.07, 6.45) is -0.268. The molecule has 0 aliphatic carbocycles. The van der Waals surface area contributed by atoms with E-state index in [0.29, 0.717) is 19.6 Å². The summed E-state index contributed by atoms with van der Waals surface area (Å²) in [5.74, 6) is -0.881. The minimum absolute atomic E-state index is 0.268. The number of benzene rings is 1. The van der Waals surface area contributed by atoms with Crippen molar-refractivity contribution in [3.05, 3.63) is 29.3 Å². The average molecular weight is 377 g/mol. The molecule has 1 saturated heterocycles. The number of rotatable bonds is 5. The fourth-order valence-corrected chi connectivity index (χ4v) is 2.91. The maximum absolute atomic E-state index is 12.2. The number of carbonyl (C=O) groups excluding carboxylic acids is 1. The van der Waals surface area contributed by atoms with E-state index in [0.717, 1.165) is 29.9 Å². The zero-order valence-corrected chi connectivity index (χ0v) is 16.9. The monoisotopic (exact) mass is 377 g/mol. The number of anilines is 1. The van der Waals surface area contributed by atoms with Gasteiger partial charge in [-0.1, -0.05) is 12.1 Å². The molecule has 1 aromatic carbocycles. The fraction of sp³-hybridized carbons (Fsp3) is 0.600. The van der Waals surface area contributed by atoms with Crippen LogP contribution in [0.2, 0.25) is 0 Å². The van der Waals surface area contributed by atoms with Crippen LogP contribution >= 0.6 is 0 Å². The molecule has 1 aliphatic rings. The van der Waals surface area contributed by atoms with Crippen molar-refractivity contribution in [3.63, 3.8) is 0 Å². The third-order valence-electron chi connectivity index (χ3n) is 4.43. The third-order valence-corrected chi connectivity index (χ3v) is 4.43. The molecule has 1 aliphatic heterocycles. The lowest BCUT2D eigenvalue weighted by Gasteiger charge is -2.36. The number of nitrogens with zero attached hydrogens (tertiary/aromatic N) is 2. The number of carboxylic acids is 1. The molecular formula is C20H31N3O4. The predicted octanol–water partition coefficient (Wildman–Crippen LogP) is 2.93. The Labute approximate surface area is 161 Å². The molecule has 0 radical (unpaired) electrons. The van der Waals surface area contributed by atoms with Gasteiger partial charge in [-0.05, 0) is 51.8 Å². The number of carboxylic acid groups (broad SMARTS) is 1. The molecule has 1 amide bonds. The van der Waals surface area contributed by atoms with Crippen LogP contribution in [0.3, 0.4) is 0 Å². The van der Waals surface area contributed by atoms with Crippen LogP contribution in [0.5, 0.6) is 0 Å². The first-order valence-corrected chi connectivity index (χ1v) is 9.34. The average Bonchev–Trinajstić information content (AvgIpc) is 2.56. The quantitative estimate of drug-likeness (QED) is 0.821. The maximum Gasteiger partial charge on any atom is 0.410 e. The normalized spacial score (nSPS) is 16.7. The van der Waals surface area contributed by atoms with Crippen LogP contribution in [-0.4, -0.2) is 64.8 Å². The van der Waals surface area contributed by atoms with E-state index < -0.39 is 17.6 Å². The molecule has 0 bridgehead atoms. The van der Waals surface area contributed by atoms with Crippen LogP contribution in [-0.2, 0) is 16.1 Å². The van der Waals surface area contributed by atoms with Gasteiger partial charge in [0.2, 0.25) is 0 Å². The lowest BCUT2D eigenvalue weighted by molar-refractivity contribution is -0.137. The van der Waals surface area contributed by atoms with Crippen molar-refractivity contribution in [3.8, 4) is 0 Å². The van der Waals surface area contributed by atoms with E-state index in [9.17, 15) is 9.59 Å². The molecule has 2 rings (SSSR count). The number of piperazine rings is 1. The van der Waals surface area contributed by atoms with E-state index in [4.69, 9.17) is 9.84 Å². The zero-order valence-electron chi connectivity index (χ0n) is 16.9. The van der Waals surface area contributed by atoms with Crippen LogP contribution in [0, 0.1) is 6.92 Å². The molecule has 0 unspecified atom stereocenters. The van der Waals surface area contributed by atoms with E-state index in [1.807, 2.05) is 45.9 Å². The Morgan fingerprint density at radius 1 is 1.22 bits per heavy atom. The van der Waals surface area contributed by atoms with Gasteiger partial charge in [-0.25, -0.2) is 4.79 Å². The highest BCUT2D eigenvalue weighted by Gasteiger charge is 2.26. The zero-order chi connectivity index (χ0) is 20.2. The van der Waals surface area contributed by atoms with Crippen molar-refractivity contribution in [2.45, 2.75) is 52.8 Å². The number of ether oxygens (including phenoxy) is 1. The van der Waals surface area contributed by atoms with Crippen molar-refractivity contribution >= 4 is 17.7 Å². The molecule has 0 saturated carbocycles. The van der Waals surface area contributed by atoms with Crippen molar-refractivity contribution in [2.24, 2.45) is 0 Å². The largest absolute Gasteiger partial charge is 0.480 e. The number of hydrogen-bond donors (Lipinski definition) is 2. The first-order valence-electron chi connectivity index (χ1n) is 9.34. The van der Waals surface area contributed by atoms with Crippen LogP contribution in [0.1, 0.15) is 38.8 Å². The smallest absolute Gasteiger partial charge is 0.410 e. The summed E-state index contributed by atoms with van der Waals surface area (Å²) in [6.45, 7) is 12.7. The second-order valence-corrected chi connectivity index (χ2v) is 8.11. The highest BCUT2D eigenvalue weighted by Crippen LogP contribution is 2.21. The van der Waals surface area contributed by atoms with E-state index in [2.05, 4.69) is 10.2 Å². The molecule has 1 aromatic rings. The molecule has 1 heterocycles. The molecule has 1 fully saturated rings. The summed E-state index contributed by atoms with van der Waals surface area (Å²) in [6, 6.07) is 5.38. The van der Waals surface area contributed by atoms with Crippen molar-refractivity contribution in [1.82, 2.24) is 9.80 Å². The van der Waals surface area contributed by atoms with E-state index in [1.54, 1.807) is 11.8 Å². The molecule has 150 valence electrons. The summed E-state index contributed by atoms with van der Waals surface area (Å²) in [4.78, 5) is 27.3. The van der Waals surface area contributed by atoms with Gasteiger partial charge in [-0.2, -0.15) is 0 Å². The Bertz CT molecular complexity index is 676. The van der Waals surface area contributed by atoms with Crippen LogP contribution in [0.15, 0.2) is 18.2 Å². The summed E-state index contributed by atoms with van der Waals surface area (Å²) >= 11 is 0. The van der Waals surface area contributed by atoms with Gasteiger partial charge in [0.25, 0.3) is 0 Å². The Morgan fingerprint density at radius 3 is 2.41 bits per heavy atom. The van der Waals surface area contributed by atoms with Crippen LogP contribution < -0.4 is 5.32 Å². The van der Waals surface area contributed by atoms with Crippen LogP contribution in [0.4, 0.5) is 10.5 Å². The highest BCUT2D eigenvalue weighted by molar-refractivity contribution is 5.77. The second-order valence-electron chi connectivity index (χ2n) is 8.11. The Morgan fingerprint density at radius 2 is 1.85 bits per heavy atom. The molecule has 7 nitrogen and oxygen atoms in total. The van der Waals surface area contributed by atoms with Gasteiger partial charge in [-0.15, -0.1) is 0 Å². The van der Waals surface area contributed by atoms with Gasteiger partial charge >= 0.3 is 12.1 Å². The number of amides is 1. The predicted molar refractivity (Wildman–Crippen MR) is 105 cm³/mol. The summed E-state index contributed by atoms with van der Waals surface area (Å²) in [5.41, 5.74) is 2.49. The first-order chi connectivity index (χ1) is 12.5. The lowest BCUT2D eigenvalue weighted by atomic mass is 10.1. The summed E-state index contributed by atoms with van der Waals surface area (Å²) < 4.78 is 5.43. The fourth-order valence-electron chi connectivity index (χ4n) is 2.91. The third kappa shape index (κ3) is 6.43. The van der Waals surface area contributed by atoms with Crippen molar-refractivity contribution in [2.75, 3.05) is 31.5 Å². The van der Waals surface area contributed by atoms with E-state index >= 15 is 0 Å². The number of aryl methyl sites for hydroxylation is 1. The number of nitrogens with one attached hydrogen (secondary N) is 1. The van der Waals surface area contributed by atoms with Gasteiger partial charge in [-0.3, -0.25) is 9.69 Å². The SMILES string of the molecule is Cc1ccc(CN2CCN(C(=O)OC(C)(C)C)CC2)c(N[C@@H](C)C(=O)O)c1. The van der Waals surface area contributed by atoms with E-state index in [-0.39, 0.29) is 6.09 Å². The van der Waals surface area contributed by atoms with Crippen molar-refractivity contribution in [1.29, 1.82) is 0 Å². The lowest BCUT2D eigenvalue weighted by Crippen LogP contribution is -2.49. The minimum atomic E-state index is -0.881. The summed E-state index contributed by atoms with van der Waals surface area (Å²) in [5, 5.41) is 12.2. The number of aliphatic carboxylic acids is 1. The standard InChI is InChI=1S/C20H31N3O4/c1-14-6-7-16(17(12-14)21-15(2)18(24)25)13-22-8-10-23(11-9-22)19(26)27-20(3,4)5/h6-7,12,15,21H,8-11,13H2,1-5H3,(H,24,25)/t15-/m0/s1. The molecule has 2 N–H and O–H groups in total. The Balaban J connectivity index is 1.97. The second kappa shape index (κ2) is 8.61. The number of carbonyl (C=O) groups is 2. The maximum atomic E-state index is 12.2. The summed E-state index contributed by atoms with van der Waals surface area (Å²) in [7, 11) is 0. The Hall–Kier alpha value is -2.28. The van der Waals surface area contributed by atoms with Gasteiger partial charge in [0.15, 0.2) is 0 Å². The Kier molecular flexibility index (Phi) is 6.70.